The van der Waals surface area contributed by atoms with E-state index in [1.165, 1.54) is 31.5 Å². The molecule has 0 bridgehead atoms. The summed E-state index contributed by atoms with van der Waals surface area (Å²) < 4.78 is 15.9. The summed E-state index contributed by atoms with van der Waals surface area (Å²) in [6, 6.07) is 15.4. The van der Waals surface area contributed by atoms with E-state index in [-0.39, 0.29) is 22.9 Å². The summed E-state index contributed by atoms with van der Waals surface area (Å²) >= 11 is 5.83. The SMILES string of the molecule is COc1cc(/C=N/NC(=O)COc2ccc(C)cc2[N+](=O)[O-])ccc1OC(=O)c1ccc(Cl)cc1. The van der Waals surface area contributed by atoms with E-state index in [1.807, 2.05) is 0 Å². The highest BCUT2D eigenvalue weighted by Crippen LogP contribution is 2.29. The molecule has 3 aromatic carbocycles. The number of carbonyl (C=O) groups is 2. The van der Waals surface area contributed by atoms with E-state index in [2.05, 4.69) is 10.5 Å². The van der Waals surface area contributed by atoms with Gasteiger partial charge in [0.05, 0.1) is 23.8 Å². The van der Waals surface area contributed by atoms with Gasteiger partial charge in [-0.25, -0.2) is 10.2 Å². The van der Waals surface area contributed by atoms with Crippen molar-refractivity contribution >= 4 is 35.4 Å². The lowest BCUT2D eigenvalue weighted by molar-refractivity contribution is -0.385. The van der Waals surface area contributed by atoms with Crippen molar-refractivity contribution in [2.45, 2.75) is 6.92 Å². The first-order chi connectivity index (χ1) is 16.8. The summed E-state index contributed by atoms with van der Waals surface area (Å²) in [4.78, 5) is 34.9. The first-order valence-electron chi connectivity index (χ1n) is 10.1. The Kier molecular flexibility index (Phi) is 8.36. The lowest BCUT2D eigenvalue weighted by atomic mass is 10.2. The average molecular weight is 498 g/mol. The minimum absolute atomic E-state index is 0.0202. The van der Waals surface area contributed by atoms with Crippen LogP contribution in [0.25, 0.3) is 0 Å². The van der Waals surface area contributed by atoms with Gasteiger partial charge in [-0.1, -0.05) is 17.7 Å². The Morgan fingerprint density at radius 3 is 2.46 bits per heavy atom. The summed E-state index contributed by atoms with van der Waals surface area (Å²) in [5.74, 6) is -0.744. The highest BCUT2D eigenvalue weighted by molar-refractivity contribution is 6.30. The molecule has 0 saturated heterocycles. The van der Waals surface area contributed by atoms with Crippen molar-refractivity contribution < 1.29 is 28.7 Å². The molecule has 35 heavy (non-hydrogen) atoms. The Morgan fingerprint density at radius 1 is 1.06 bits per heavy atom. The number of hydrogen-bond acceptors (Lipinski definition) is 8. The van der Waals surface area contributed by atoms with Crippen molar-refractivity contribution in [3.63, 3.8) is 0 Å². The molecule has 0 aromatic heterocycles. The Balaban J connectivity index is 1.58. The molecule has 0 radical (unpaired) electrons. The fourth-order valence-corrected chi connectivity index (χ4v) is 2.97. The van der Waals surface area contributed by atoms with E-state index in [4.69, 9.17) is 25.8 Å². The van der Waals surface area contributed by atoms with Crippen LogP contribution in [0, 0.1) is 17.0 Å². The number of nitrogens with one attached hydrogen (secondary N) is 1. The minimum Gasteiger partial charge on any atom is -0.493 e. The van der Waals surface area contributed by atoms with Crippen LogP contribution in [-0.2, 0) is 4.79 Å². The Morgan fingerprint density at radius 2 is 1.77 bits per heavy atom. The van der Waals surface area contributed by atoms with Gasteiger partial charge in [0.15, 0.2) is 23.9 Å². The van der Waals surface area contributed by atoms with Crippen LogP contribution < -0.4 is 19.6 Å². The van der Waals surface area contributed by atoms with Gasteiger partial charge >= 0.3 is 11.7 Å². The van der Waals surface area contributed by atoms with Crippen LogP contribution in [0.5, 0.6) is 17.2 Å². The first-order valence-corrected chi connectivity index (χ1v) is 10.5. The van der Waals surface area contributed by atoms with Crippen molar-refractivity contribution in [1.29, 1.82) is 0 Å². The van der Waals surface area contributed by atoms with Gasteiger partial charge in [0.25, 0.3) is 5.91 Å². The molecule has 0 aliphatic rings. The number of ether oxygens (including phenoxy) is 3. The molecule has 180 valence electrons. The summed E-state index contributed by atoms with van der Waals surface area (Å²) in [6.45, 7) is 1.24. The summed E-state index contributed by atoms with van der Waals surface area (Å²) in [5.41, 5.74) is 3.60. The number of nitrogens with zero attached hydrogens (tertiary/aromatic N) is 2. The highest BCUT2D eigenvalue weighted by Gasteiger charge is 2.16. The zero-order valence-electron chi connectivity index (χ0n) is 18.7. The van der Waals surface area contributed by atoms with Crippen molar-refractivity contribution in [2.75, 3.05) is 13.7 Å². The topological polar surface area (TPSA) is 129 Å². The number of aryl methyl sites for hydroxylation is 1. The zero-order valence-corrected chi connectivity index (χ0v) is 19.4. The predicted octanol–water partition coefficient (Wildman–Crippen LogP) is 4.31. The average Bonchev–Trinajstić information content (AvgIpc) is 2.84. The normalized spacial score (nSPS) is 10.6. The molecule has 0 heterocycles. The van der Waals surface area contributed by atoms with E-state index < -0.39 is 23.4 Å². The number of amides is 1. The number of rotatable bonds is 9. The minimum atomic E-state index is -0.614. The fraction of sp³-hybridized carbons (Fsp3) is 0.125. The van der Waals surface area contributed by atoms with Gasteiger partial charge in [0, 0.05) is 11.1 Å². The van der Waals surface area contributed by atoms with Gasteiger partial charge in [0.1, 0.15) is 0 Å². The van der Waals surface area contributed by atoms with E-state index in [0.717, 1.165) is 0 Å². The quantitative estimate of drug-likeness (QED) is 0.153. The van der Waals surface area contributed by atoms with E-state index >= 15 is 0 Å². The molecular formula is C24H20ClN3O7. The molecule has 1 N–H and O–H groups in total. The Labute approximate surface area is 205 Å². The maximum atomic E-state index is 12.3. The molecule has 3 rings (SSSR count). The van der Waals surface area contributed by atoms with Gasteiger partial charge < -0.3 is 14.2 Å². The molecule has 0 spiro atoms. The third-order valence-electron chi connectivity index (χ3n) is 4.54. The van der Waals surface area contributed by atoms with Crippen LogP contribution in [-0.4, -0.2) is 36.7 Å². The zero-order chi connectivity index (χ0) is 25.4. The van der Waals surface area contributed by atoms with Crippen LogP contribution in [0.1, 0.15) is 21.5 Å². The number of methoxy groups -OCH3 is 1. The molecule has 1 amide bonds. The fourth-order valence-electron chi connectivity index (χ4n) is 2.84. The monoisotopic (exact) mass is 497 g/mol. The third-order valence-corrected chi connectivity index (χ3v) is 4.80. The van der Waals surface area contributed by atoms with E-state index in [1.54, 1.807) is 49.4 Å². The second kappa shape index (κ2) is 11.6. The molecule has 3 aromatic rings. The molecule has 0 fully saturated rings. The maximum absolute atomic E-state index is 12.3. The molecule has 0 atom stereocenters. The smallest absolute Gasteiger partial charge is 0.343 e. The van der Waals surface area contributed by atoms with Gasteiger partial charge in [-0.05, 0) is 66.6 Å². The van der Waals surface area contributed by atoms with E-state index in [9.17, 15) is 19.7 Å². The lowest BCUT2D eigenvalue weighted by Gasteiger charge is -2.10. The standard InChI is InChI=1S/C24H20ClN3O7/c1-15-3-9-20(19(11-15)28(31)32)34-14-23(29)27-26-13-16-4-10-21(22(12-16)33-2)35-24(30)17-5-7-18(25)8-6-17/h3-13H,14H2,1-2H3,(H,27,29)/b26-13+. The van der Waals surface area contributed by atoms with Crippen molar-refractivity contribution in [3.8, 4) is 17.2 Å². The molecule has 0 unspecified atom stereocenters. The first kappa shape index (κ1) is 25.2. The summed E-state index contributed by atoms with van der Waals surface area (Å²) in [7, 11) is 1.42. The Bertz CT molecular complexity index is 1280. The van der Waals surface area contributed by atoms with Crippen LogP contribution in [0.3, 0.4) is 0 Å². The predicted molar refractivity (Wildman–Crippen MR) is 128 cm³/mol. The Hall–Kier alpha value is -4.44. The molecule has 0 aliphatic carbocycles. The molecule has 0 aliphatic heterocycles. The number of nitro benzene ring substituents is 1. The largest absolute Gasteiger partial charge is 0.493 e. The highest BCUT2D eigenvalue weighted by atomic mass is 35.5. The number of benzene rings is 3. The second-order valence-electron chi connectivity index (χ2n) is 7.12. The number of esters is 1. The number of hydrazone groups is 1. The van der Waals surface area contributed by atoms with Crippen LogP contribution >= 0.6 is 11.6 Å². The van der Waals surface area contributed by atoms with Gasteiger partial charge in [0.2, 0.25) is 0 Å². The number of hydrogen-bond donors (Lipinski definition) is 1. The number of halogens is 1. The van der Waals surface area contributed by atoms with E-state index in [0.29, 0.717) is 21.7 Å². The van der Waals surface area contributed by atoms with Crippen molar-refractivity contribution in [3.05, 3.63) is 92.5 Å². The van der Waals surface area contributed by atoms with Crippen molar-refractivity contribution in [2.24, 2.45) is 5.10 Å². The number of nitro groups is 1. The molecule has 10 nitrogen and oxygen atoms in total. The second-order valence-corrected chi connectivity index (χ2v) is 7.55. The third kappa shape index (κ3) is 7.02. The summed E-state index contributed by atoms with van der Waals surface area (Å²) in [5, 5.41) is 15.5. The molecule has 0 saturated carbocycles. The van der Waals surface area contributed by atoms with Crippen LogP contribution in [0.15, 0.2) is 65.8 Å². The van der Waals surface area contributed by atoms with Crippen LogP contribution in [0.2, 0.25) is 5.02 Å². The van der Waals surface area contributed by atoms with Gasteiger partial charge in [-0.15, -0.1) is 0 Å². The van der Waals surface area contributed by atoms with Gasteiger partial charge in [-0.2, -0.15) is 5.10 Å². The molecular weight excluding hydrogens is 478 g/mol. The molecule has 11 heteroatoms. The van der Waals surface area contributed by atoms with Crippen molar-refractivity contribution in [1.82, 2.24) is 5.43 Å². The lowest BCUT2D eigenvalue weighted by Crippen LogP contribution is -2.24. The maximum Gasteiger partial charge on any atom is 0.343 e. The summed E-state index contributed by atoms with van der Waals surface area (Å²) in [6.07, 6.45) is 1.35. The van der Waals surface area contributed by atoms with Crippen LogP contribution in [0.4, 0.5) is 5.69 Å². The number of carbonyl (C=O) groups excluding carboxylic acids is 2. The van der Waals surface area contributed by atoms with Gasteiger partial charge in [-0.3, -0.25) is 14.9 Å².